The quantitative estimate of drug-likeness (QED) is 0.755. The molecule has 2 rings (SSSR count). The number of rotatable bonds is 6. The molecule has 0 unspecified atom stereocenters. The monoisotopic (exact) mass is 387 g/mol. The van der Waals surface area contributed by atoms with Crippen molar-refractivity contribution in [3.05, 3.63) is 50.8 Å². The summed E-state index contributed by atoms with van der Waals surface area (Å²) < 4.78 is 12.3. The van der Waals surface area contributed by atoms with Crippen molar-refractivity contribution < 1.29 is 9.15 Å². The third kappa shape index (κ3) is 4.37. The van der Waals surface area contributed by atoms with Crippen molar-refractivity contribution in [2.75, 3.05) is 13.7 Å². The summed E-state index contributed by atoms with van der Waals surface area (Å²) in [6.45, 7) is 1.63. The predicted octanol–water partition coefficient (Wildman–Crippen LogP) is 4.15. The van der Waals surface area contributed by atoms with Crippen LogP contribution >= 0.6 is 31.9 Å². The molecule has 0 spiro atoms. The lowest BCUT2D eigenvalue weighted by atomic mass is 10.1. The van der Waals surface area contributed by atoms with Gasteiger partial charge in [0.2, 0.25) is 0 Å². The number of hydrogen-bond donors (Lipinski definition) is 1. The number of hydrogen-bond acceptors (Lipinski definition) is 3. The number of furan rings is 1. The molecule has 1 aromatic heterocycles. The Labute approximate surface area is 129 Å². The fourth-order valence-electron chi connectivity index (χ4n) is 1.72. The van der Waals surface area contributed by atoms with Gasteiger partial charge in [-0.05, 0) is 68.6 Å². The summed E-state index contributed by atoms with van der Waals surface area (Å²) >= 11 is 6.72. The number of methoxy groups -OCH3 is 1. The average Bonchev–Trinajstić information content (AvgIpc) is 2.74. The zero-order chi connectivity index (χ0) is 13.7. The fraction of sp³-hybridized carbons (Fsp3) is 0.286. The summed E-state index contributed by atoms with van der Waals surface area (Å²) in [5.41, 5.74) is 1.29. The van der Waals surface area contributed by atoms with Gasteiger partial charge in [0.15, 0.2) is 4.67 Å². The summed E-state index contributed by atoms with van der Waals surface area (Å²) in [5, 5.41) is 3.35. The molecule has 0 amide bonds. The Bertz CT molecular complexity index is 503. The van der Waals surface area contributed by atoms with Crippen LogP contribution in [0, 0.1) is 0 Å². The maximum absolute atomic E-state index is 5.49. The van der Waals surface area contributed by atoms with Gasteiger partial charge in [-0.15, -0.1) is 0 Å². The highest BCUT2D eigenvalue weighted by Crippen LogP contribution is 2.26. The van der Waals surface area contributed by atoms with E-state index in [1.165, 1.54) is 5.56 Å². The van der Waals surface area contributed by atoms with Gasteiger partial charge in [0.1, 0.15) is 11.5 Å². The Morgan fingerprint density at radius 2 is 1.95 bits per heavy atom. The van der Waals surface area contributed by atoms with Gasteiger partial charge < -0.3 is 14.5 Å². The molecule has 0 aliphatic carbocycles. The average molecular weight is 389 g/mol. The van der Waals surface area contributed by atoms with E-state index in [9.17, 15) is 0 Å². The van der Waals surface area contributed by atoms with Crippen LogP contribution in [0.1, 0.15) is 11.3 Å². The number of halogens is 2. The van der Waals surface area contributed by atoms with Gasteiger partial charge in [-0.2, -0.15) is 0 Å². The minimum Gasteiger partial charge on any atom is -0.497 e. The van der Waals surface area contributed by atoms with Gasteiger partial charge in [0.25, 0.3) is 0 Å². The summed E-state index contributed by atoms with van der Waals surface area (Å²) in [6.07, 6.45) is 0.979. The van der Waals surface area contributed by atoms with Gasteiger partial charge >= 0.3 is 0 Å². The van der Waals surface area contributed by atoms with Crippen LogP contribution in [0.4, 0.5) is 0 Å². The van der Waals surface area contributed by atoms with Gasteiger partial charge in [-0.1, -0.05) is 12.1 Å². The normalized spacial score (nSPS) is 10.7. The second-order valence-corrected chi connectivity index (χ2v) is 5.68. The van der Waals surface area contributed by atoms with Crippen LogP contribution in [-0.2, 0) is 13.0 Å². The molecular formula is C14H15Br2NO2. The standard InChI is InChI=1S/C14H15Br2NO2/c1-18-11-4-2-10(3-5-11)6-7-17-9-12-8-13(15)14(16)19-12/h2-5,8,17H,6-7,9H2,1H3. The van der Waals surface area contributed by atoms with Crippen molar-refractivity contribution in [1.29, 1.82) is 0 Å². The molecule has 0 saturated carbocycles. The molecule has 3 nitrogen and oxygen atoms in total. The molecule has 0 aliphatic heterocycles. The first kappa shape index (κ1) is 14.6. The fourth-order valence-corrected chi connectivity index (χ4v) is 2.37. The molecule has 0 saturated heterocycles. The van der Waals surface area contributed by atoms with E-state index in [4.69, 9.17) is 9.15 Å². The highest BCUT2D eigenvalue weighted by Gasteiger charge is 2.05. The molecule has 2 aromatic rings. The Morgan fingerprint density at radius 3 is 2.53 bits per heavy atom. The number of ether oxygens (including phenoxy) is 1. The largest absolute Gasteiger partial charge is 0.497 e. The topological polar surface area (TPSA) is 34.4 Å². The molecule has 0 fully saturated rings. The molecule has 1 heterocycles. The van der Waals surface area contributed by atoms with Gasteiger partial charge in [0, 0.05) is 0 Å². The van der Waals surface area contributed by atoms with Crippen LogP contribution < -0.4 is 10.1 Å². The molecule has 5 heteroatoms. The van der Waals surface area contributed by atoms with Crippen molar-refractivity contribution in [3.63, 3.8) is 0 Å². The SMILES string of the molecule is COc1ccc(CCNCc2cc(Br)c(Br)o2)cc1. The molecule has 1 N–H and O–H groups in total. The third-order valence-corrected chi connectivity index (χ3v) is 4.46. The minimum absolute atomic E-state index is 0.723. The second-order valence-electron chi connectivity index (χ2n) is 4.11. The Balaban J connectivity index is 1.74. The van der Waals surface area contributed by atoms with E-state index < -0.39 is 0 Å². The van der Waals surface area contributed by atoms with Gasteiger partial charge in [-0.25, -0.2) is 0 Å². The number of benzene rings is 1. The molecule has 0 aliphatic rings. The summed E-state index contributed by atoms with van der Waals surface area (Å²) in [5.74, 6) is 1.80. The summed E-state index contributed by atoms with van der Waals surface area (Å²) in [7, 11) is 1.68. The molecular weight excluding hydrogens is 374 g/mol. The highest BCUT2D eigenvalue weighted by molar-refractivity contribution is 9.13. The van der Waals surface area contributed by atoms with Crippen LogP contribution in [-0.4, -0.2) is 13.7 Å². The van der Waals surface area contributed by atoms with E-state index in [1.54, 1.807) is 7.11 Å². The van der Waals surface area contributed by atoms with E-state index in [1.807, 2.05) is 18.2 Å². The van der Waals surface area contributed by atoms with Crippen LogP contribution in [0.25, 0.3) is 0 Å². The first-order valence-corrected chi connectivity index (χ1v) is 7.55. The van der Waals surface area contributed by atoms with E-state index >= 15 is 0 Å². The molecule has 0 bridgehead atoms. The molecule has 19 heavy (non-hydrogen) atoms. The molecule has 1 aromatic carbocycles. The molecule has 102 valence electrons. The smallest absolute Gasteiger partial charge is 0.183 e. The summed E-state index contributed by atoms with van der Waals surface area (Å²) in [6, 6.07) is 10.1. The second kappa shape index (κ2) is 7.12. The first-order chi connectivity index (χ1) is 9.19. The van der Waals surface area contributed by atoms with E-state index in [2.05, 4.69) is 49.3 Å². The zero-order valence-electron chi connectivity index (χ0n) is 10.6. The van der Waals surface area contributed by atoms with Crippen molar-refractivity contribution in [1.82, 2.24) is 5.32 Å². The minimum atomic E-state index is 0.723. The predicted molar refractivity (Wildman–Crippen MR) is 82.5 cm³/mol. The van der Waals surface area contributed by atoms with E-state index in [0.717, 1.165) is 40.2 Å². The number of nitrogens with one attached hydrogen (secondary N) is 1. The Hall–Kier alpha value is -0.780. The lowest BCUT2D eigenvalue weighted by Crippen LogP contribution is -2.16. The van der Waals surface area contributed by atoms with Crippen molar-refractivity contribution in [2.24, 2.45) is 0 Å². The Morgan fingerprint density at radius 1 is 1.21 bits per heavy atom. The van der Waals surface area contributed by atoms with Crippen molar-refractivity contribution in [3.8, 4) is 5.75 Å². The van der Waals surface area contributed by atoms with Crippen LogP contribution in [0.15, 0.2) is 43.9 Å². The maximum Gasteiger partial charge on any atom is 0.183 e. The molecule has 0 radical (unpaired) electrons. The van der Waals surface area contributed by atoms with Gasteiger partial charge in [0.05, 0.1) is 18.1 Å². The lowest BCUT2D eigenvalue weighted by molar-refractivity contribution is 0.414. The van der Waals surface area contributed by atoms with Crippen molar-refractivity contribution in [2.45, 2.75) is 13.0 Å². The molecule has 0 atom stereocenters. The van der Waals surface area contributed by atoms with Crippen LogP contribution in [0.2, 0.25) is 0 Å². The van der Waals surface area contributed by atoms with Crippen LogP contribution in [0.3, 0.4) is 0 Å². The highest BCUT2D eigenvalue weighted by atomic mass is 79.9. The zero-order valence-corrected chi connectivity index (χ0v) is 13.8. The van der Waals surface area contributed by atoms with E-state index in [-0.39, 0.29) is 0 Å². The third-order valence-electron chi connectivity index (χ3n) is 2.74. The Kier molecular flexibility index (Phi) is 5.48. The lowest BCUT2D eigenvalue weighted by Gasteiger charge is -2.04. The maximum atomic E-state index is 5.49. The first-order valence-electron chi connectivity index (χ1n) is 5.96. The van der Waals surface area contributed by atoms with Crippen molar-refractivity contribution >= 4 is 31.9 Å². The van der Waals surface area contributed by atoms with E-state index in [0.29, 0.717) is 0 Å². The van der Waals surface area contributed by atoms with Crippen LogP contribution in [0.5, 0.6) is 5.75 Å². The summed E-state index contributed by atoms with van der Waals surface area (Å²) in [4.78, 5) is 0. The van der Waals surface area contributed by atoms with Gasteiger partial charge in [-0.3, -0.25) is 0 Å².